The quantitative estimate of drug-likeness (QED) is 0.855. The molecule has 2 rings (SSSR count). The molecule has 1 N–H and O–H groups in total. The monoisotopic (exact) mass is 256 g/mol. The van der Waals surface area contributed by atoms with Crippen molar-refractivity contribution in [3.05, 3.63) is 29.8 Å². The van der Waals surface area contributed by atoms with Crippen molar-refractivity contribution in [2.75, 3.05) is 31.6 Å². The molecule has 1 saturated heterocycles. The Bertz CT molecular complexity index is 448. The number of amides is 1. The molecule has 0 bridgehead atoms. The number of morpholine rings is 1. The first kappa shape index (κ1) is 12.9. The summed E-state index contributed by atoms with van der Waals surface area (Å²) in [7, 11) is 1.51. The van der Waals surface area contributed by atoms with Crippen LogP contribution in [0.15, 0.2) is 18.2 Å². The van der Waals surface area contributed by atoms with Gasteiger partial charge in [-0.05, 0) is 12.1 Å². The third-order valence-corrected chi connectivity index (χ3v) is 2.82. The number of carbonyl (C=O) groups is 1. The van der Waals surface area contributed by atoms with E-state index in [4.69, 9.17) is 4.74 Å². The van der Waals surface area contributed by atoms with Crippen LogP contribution in [0.1, 0.15) is 0 Å². The van der Waals surface area contributed by atoms with E-state index in [1.165, 1.54) is 18.0 Å². The average molecular weight is 256 g/mol. The van der Waals surface area contributed by atoms with Crippen molar-refractivity contribution in [3.8, 4) is 0 Å². The number of carbonyl (C=O) groups excluding carboxylic acids is 1. The number of rotatable bonds is 2. The van der Waals surface area contributed by atoms with Crippen LogP contribution in [0, 0.1) is 11.6 Å². The van der Waals surface area contributed by atoms with Gasteiger partial charge >= 0.3 is 0 Å². The van der Waals surface area contributed by atoms with Gasteiger partial charge in [0.1, 0.15) is 6.10 Å². The van der Waals surface area contributed by atoms with Crippen LogP contribution in [0.4, 0.5) is 14.5 Å². The number of halogens is 2. The van der Waals surface area contributed by atoms with Crippen LogP contribution < -0.4 is 10.2 Å². The van der Waals surface area contributed by atoms with Crippen LogP contribution in [0.25, 0.3) is 0 Å². The first-order valence-electron chi connectivity index (χ1n) is 5.64. The highest BCUT2D eigenvalue weighted by Crippen LogP contribution is 2.18. The van der Waals surface area contributed by atoms with E-state index < -0.39 is 17.7 Å². The maximum absolute atomic E-state index is 13.1. The molecule has 1 atom stereocenters. The lowest BCUT2D eigenvalue weighted by molar-refractivity contribution is -0.131. The highest BCUT2D eigenvalue weighted by atomic mass is 19.2. The van der Waals surface area contributed by atoms with Gasteiger partial charge in [-0.1, -0.05) is 0 Å². The van der Waals surface area contributed by atoms with Crippen LogP contribution in [0.3, 0.4) is 0 Å². The molecular formula is C12H14F2N2O2. The Labute approximate surface area is 104 Å². The smallest absolute Gasteiger partial charge is 0.257 e. The third kappa shape index (κ3) is 2.65. The van der Waals surface area contributed by atoms with E-state index in [-0.39, 0.29) is 5.91 Å². The molecule has 1 heterocycles. The SMILES string of the molecule is CN(C(=O)C1CNCCO1)c1ccc(F)c(F)c1. The minimum atomic E-state index is -0.977. The molecule has 0 aliphatic carbocycles. The zero-order chi connectivity index (χ0) is 13.1. The van der Waals surface area contributed by atoms with Gasteiger partial charge in [0.2, 0.25) is 0 Å². The molecular weight excluding hydrogens is 242 g/mol. The van der Waals surface area contributed by atoms with Crippen LogP contribution in [-0.2, 0) is 9.53 Å². The molecule has 18 heavy (non-hydrogen) atoms. The number of likely N-dealkylation sites (N-methyl/N-ethyl adjacent to an activating group) is 1. The van der Waals surface area contributed by atoms with Crippen molar-refractivity contribution in [1.82, 2.24) is 5.32 Å². The summed E-state index contributed by atoms with van der Waals surface area (Å²) in [5.41, 5.74) is 0.299. The number of anilines is 1. The van der Waals surface area contributed by atoms with Gasteiger partial charge in [0, 0.05) is 31.9 Å². The van der Waals surface area contributed by atoms with E-state index >= 15 is 0 Å². The lowest BCUT2D eigenvalue weighted by atomic mass is 10.2. The summed E-state index contributed by atoms with van der Waals surface area (Å²) in [4.78, 5) is 13.3. The second-order valence-electron chi connectivity index (χ2n) is 4.06. The van der Waals surface area contributed by atoms with E-state index in [1.807, 2.05) is 0 Å². The number of nitrogens with zero attached hydrogens (tertiary/aromatic N) is 1. The van der Waals surface area contributed by atoms with Crippen molar-refractivity contribution in [2.24, 2.45) is 0 Å². The summed E-state index contributed by atoms with van der Waals surface area (Å²) in [5, 5.41) is 3.04. The molecule has 1 fully saturated rings. The molecule has 6 heteroatoms. The van der Waals surface area contributed by atoms with Gasteiger partial charge in [0.25, 0.3) is 5.91 Å². The van der Waals surface area contributed by atoms with Crippen molar-refractivity contribution in [2.45, 2.75) is 6.10 Å². The van der Waals surface area contributed by atoms with Gasteiger partial charge in [-0.15, -0.1) is 0 Å². The lowest BCUT2D eigenvalue weighted by Gasteiger charge is -2.27. The van der Waals surface area contributed by atoms with Gasteiger partial charge in [-0.2, -0.15) is 0 Å². The molecule has 1 aromatic rings. The Morgan fingerprint density at radius 3 is 2.83 bits per heavy atom. The number of hydrogen-bond donors (Lipinski definition) is 1. The fourth-order valence-corrected chi connectivity index (χ4v) is 1.76. The highest BCUT2D eigenvalue weighted by molar-refractivity contribution is 5.96. The first-order chi connectivity index (χ1) is 8.59. The maximum Gasteiger partial charge on any atom is 0.257 e. The Balaban J connectivity index is 2.11. The molecule has 0 radical (unpaired) electrons. The molecule has 98 valence electrons. The molecule has 0 saturated carbocycles. The Morgan fingerprint density at radius 2 is 2.22 bits per heavy atom. The molecule has 0 aromatic heterocycles. The van der Waals surface area contributed by atoms with Gasteiger partial charge in [0.05, 0.1) is 6.61 Å². The standard InChI is InChI=1S/C12H14F2N2O2/c1-16(8-2-3-9(13)10(14)6-8)12(17)11-7-15-4-5-18-11/h2-3,6,11,15H,4-5,7H2,1H3. The number of nitrogens with one attached hydrogen (secondary N) is 1. The van der Waals surface area contributed by atoms with E-state index in [0.717, 1.165) is 12.1 Å². The van der Waals surface area contributed by atoms with Crippen LogP contribution in [0.5, 0.6) is 0 Å². The third-order valence-electron chi connectivity index (χ3n) is 2.82. The van der Waals surface area contributed by atoms with Crippen LogP contribution in [-0.4, -0.2) is 38.8 Å². The zero-order valence-electron chi connectivity index (χ0n) is 9.95. The van der Waals surface area contributed by atoms with Crippen molar-refractivity contribution >= 4 is 11.6 Å². The minimum Gasteiger partial charge on any atom is -0.366 e. The van der Waals surface area contributed by atoms with Crippen LogP contribution in [0.2, 0.25) is 0 Å². The topological polar surface area (TPSA) is 41.6 Å². The molecule has 1 aliphatic heterocycles. The number of benzene rings is 1. The predicted octanol–water partition coefficient (Wildman–Crippen LogP) is 0.916. The second kappa shape index (κ2) is 5.41. The van der Waals surface area contributed by atoms with Crippen molar-refractivity contribution < 1.29 is 18.3 Å². The first-order valence-corrected chi connectivity index (χ1v) is 5.64. The maximum atomic E-state index is 13.1. The van der Waals surface area contributed by atoms with Crippen molar-refractivity contribution in [3.63, 3.8) is 0 Å². The second-order valence-corrected chi connectivity index (χ2v) is 4.06. The van der Waals surface area contributed by atoms with Gasteiger partial charge in [0.15, 0.2) is 11.6 Å². The normalized spacial score (nSPS) is 19.6. The van der Waals surface area contributed by atoms with E-state index in [9.17, 15) is 13.6 Å². The zero-order valence-corrected chi connectivity index (χ0v) is 9.95. The summed E-state index contributed by atoms with van der Waals surface area (Å²) in [5.74, 6) is -2.20. The summed E-state index contributed by atoms with van der Waals surface area (Å²) in [6.07, 6.45) is -0.586. The summed E-state index contributed by atoms with van der Waals surface area (Å²) < 4.78 is 31.2. The lowest BCUT2D eigenvalue weighted by Crippen LogP contribution is -2.48. The fourth-order valence-electron chi connectivity index (χ4n) is 1.76. The minimum absolute atomic E-state index is 0.284. The molecule has 0 spiro atoms. The van der Waals surface area contributed by atoms with Gasteiger partial charge in [-0.25, -0.2) is 8.78 Å². The predicted molar refractivity (Wildman–Crippen MR) is 62.4 cm³/mol. The number of hydrogen-bond acceptors (Lipinski definition) is 3. The van der Waals surface area contributed by atoms with E-state index in [0.29, 0.717) is 25.4 Å². The fraction of sp³-hybridized carbons (Fsp3) is 0.417. The van der Waals surface area contributed by atoms with Gasteiger partial charge < -0.3 is 15.0 Å². The average Bonchev–Trinajstić information content (AvgIpc) is 2.41. The Kier molecular flexibility index (Phi) is 3.88. The Morgan fingerprint density at radius 1 is 1.44 bits per heavy atom. The Hall–Kier alpha value is -1.53. The largest absolute Gasteiger partial charge is 0.366 e. The van der Waals surface area contributed by atoms with E-state index in [2.05, 4.69) is 5.32 Å². The number of ether oxygens (including phenoxy) is 1. The molecule has 1 amide bonds. The molecule has 1 aliphatic rings. The summed E-state index contributed by atoms with van der Waals surface area (Å²) in [6, 6.07) is 3.34. The molecule has 1 unspecified atom stereocenters. The van der Waals surface area contributed by atoms with Gasteiger partial charge in [-0.3, -0.25) is 4.79 Å². The summed E-state index contributed by atoms with van der Waals surface area (Å²) >= 11 is 0. The molecule has 4 nitrogen and oxygen atoms in total. The van der Waals surface area contributed by atoms with E-state index in [1.54, 1.807) is 0 Å². The van der Waals surface area contributed by atoms with Crippen LogP contribution >= 0.6 is 0 Å². The highest BCUT2D eigenvalue weighted by Gasteiger charge is 2.25. The molecule has 1 aromatic carbocycles. The summed E-state index contributed by atoms with van der Waals surface area (Å²) in [6.45, 7) is 1.59. The van der Waals surface area contributed by atoms with Crippen molar-refractivity contribution in [1.29, 1.82) is 0 Å².